The fourth-order valence-corrected chi connectivity index (χ4v) is 3.37. The number of aromatic nitrogens is 1. The van der Waals surface area contributed by atoms with E-state index in [1.807, 2.05) is 19.1 Å². The van der Waals surface area contributed by atoms with Crippen LogP contribution in [0.15, 0.2) is 18.2 Å². The van der Waals surface area contributed by atoms with Gasteiger partial charge in [0.2, 0.25) is 0 Å². The van der Waals surface area contributed by atoms with Crippen LogP contribution in [0.2, 0.25) is 5.02 Å². The molecule has 3 rings (SSSR count). The first-order chi connectivity index (χ1) is 9.61. The summed E-state index contributed by atoms with van der Waals surface area (Å²) in [6, 6.07) is 5.99. The number of rotatable bonds is 2. The lowest BCUT2D eigenvalue weighted by Crippen LogP contribution is -2.25. The van der Waals surface area contributed by atoms with E-state index in [9.17, 15) is 4.79 Å². The number of nitrogens with zero attached hydrogens (tertiary/aromatic N) is 1. The third kappa shape index (κ3) is 2.10. The summed E-state index contributed by atoms with van der Waals surface area (Å²) in [7, 11) is 2.06. The fourth-order valence-electron chi connectivity index (χ4n) is 3.20. The summed E-state index contributed by atoms with van der Waals surface area (Å²) < 4.78 is 7.35. The molecule has 1 aliphatic carbocycles. The minimum Gasteiger partial charge on any atom is -0.466 e. The molecular formula is C16H18ClNO2. The standard InChI is InChI=1S/C16H18ClNO2/c1-3-20-16(19)10-4-6-12-13-9-11(17)5-7-14(13)18(2)15(12)8-10/h5,7,9-10H,3-4,6,8H2,1-2H3. The third-order valence-electron chi connectivity index (χ3n) is 4.20. The van der Waals surface area contributed by atoms with E-state index in [1.165, 1.54) is 22.2 Å². The second-order valence-corrected chi connectivity index (χ2v) is 5.77. The predicted octanol–water partition coefficient (Wildman–Crippen LogP) is 3.50. The van der Waals surface area contributed by atoms with Gasteiger partial charge in [-0.15, -0.1) is 0 Å². The number of halogens is 1. The molecule has 0 saturated carbocycles. The SMILES string of the molecule is CCOC(=O)C1CCc2c(n(C)c3ccc(Cl)cc23)C1. The molecule has 0 fully saturated rings. The molecule has 2 aromatic rings. The van der Waals surface area contributed by atoms with E-state index in [0.29, 0.717) is 6.61 Å². The maximum absolute atomic E-state index is 11.9. The summed E-state index contributed by atoms with van der Waals surface area (Å²) in [6.07, 6.45) is 2.53. The van der Waals surface area contributed by atoms with Crippen molar-refractivity contribution in [1.29, 1.82) is 0 Å². The molecule has 0 aliphatic heterocycles. The zero-order valence-corrected chi connectivity index (χ0v) is 12.5. The van der Waals surface area contributed by atoms with Crippen LogP contribution < -0.4 is 0 Å². The van der Waals surface area contributed by atoms with Crippen LogP contribution in [0, 0.1) is 5.92 Å². The van der Waals surface area contributed by atoms with Gasteiger partial charge in [-0.3, -0.25) is 4.79 Å². The van der Waals surface area contributed by atoms with E-state index in [2.05, 4.69) is 17.7 Å². The maximum atomic E-state index is 11.9. The first-order valence-corrected chi connectivity index (χ1v) is 7.42. The zero-order chi connectivity index (χ0) is 14.3. The fraction of sp³-hybridized carbons (Fsp3) is 0.438. The Morgan fingerprint density at radius 3 is 3.05 bits per heavy atom. The molecule has 1 atom stereocenters. The number of fused-ring (bicyclic) bond motifs is 3. The number of carbonyl (C=O) groups is 1. The van der Waals surface area contributed by atoms with E-state index in [-0.39, 0.29) is 11.9 Å². The number of ether oxygens (including phenoxy) is 1. The van der Waals surface area contributed by atoms with E-state index in [4.69, 9.17) is 16.3 Å². The Labute approximate surface area is 123 Å². The Kier molecular flexibility index (Phi) is 3.47. The average molecular weight is 292 g/mol. The van der Waals surface area contributed by atoms with Gasteiger partial charge in [0.1, 0.15) is 0 Å². The highest BCUT2D eigenvalue weighted by molar-refractivity contribution is 6.31. The van der Waals surface area contributed by atoms with Crippen LogP contribution in [-0.2, 0) is 29.4 Å². The van der Waals surface area contributed by atoms with Crippen molar-refractivity contribution in [3.8, 4) is 0 Å². The van der Waals surface area contributed by atoms with Crippen molar-refractivity contribution >= 4 is 28.5 Å². The van der Waals surface area contributed by atoms with E-state index in [0.717, 1.165) is 24.3 Å². The monoisotopic (exact) mass is 291 g/mol. The first kappa shape index (κ1) is 13.5. The van der Waals surface area contributed by atoms with Gasteiger partial charge in [0.05, 0.1) is 12.5 Å². The minimum atomic E-state index is -0.0681. The van der Waals surface area contributed by atoms with Gasteiger partial charge < -0.3 is 9.30 Å². The molecule has 0 amide bonds. The summed E-state index contributed by atoms with van der Waals surface area (Å²) in [5.41, 5.74) is 3.76. The number of aryl methyl sites for hydroxylation is 2. The molecule has 0 N–H and O–H groups in total. The second-order valence-electron chi connectivity index (χ2n) is 5.34. The third-order valence-corrected chi connectivity index (χ3v) is 4.44. The number of carbonyl (C=O) groups excluding carboxylic acids is 1. The molecule has 1 aromatic heterocycles. The van der Waals surface area contributed by atoms with Crippen LogP contribution in [0.3, 0.4) is 0 Å². The normalized spacial score (nSPS) is 18.1. The lowest BCUT2D eigenvalue weighted by atomic mass is 9.87. The van der Waals surface area contributed by atoms with Gasteiger partial charge in [-0.05, 0) is 43.5 Å². The van der Waals surface area contributed by atoms with Crippen LogP contribution in [-0.4, -0.2) is 17.1 Å². The molecule has 0 bridgehead atoms. The van der Waals surface area contributed by atoms with Gasteiger partial charge in [-0.1, -0.05) is 11.6 Å². The lowest BCUT2D eigenvalue weighted by Gasteiger charge is -2.22. The van der Waals surface area contributed by atoms with Crippen molar-refractivity contribution in [2.75, 3.05) is 6.61 Å². The van der Waals surface area contributed by atoms with E-state index in [1.54, 1.807) is 0 Å². The lowest BCUT2D eigenvalue weighted by molar-refractivity contribution is -0.148. The van der Waals surface area contributed by atoms with E-state index >= 15 is 0 Å². The minimum absolute atomic E-state index is 0.0130. The topological polar surface area (TPSA) is 31.2 Å². The molecule has 0 radical (unpaired) electrons. The Balaban J connectivity index is 2.02. The van der Waals surface area contributed by atoms with Crippen molar-refractivity contribution in [1.82, 2.24) is 4.57 Å². The molecule has 1 aromatic carbocycles. The van der Waals surface area contributed by atoms with Crippen LogP contribution in [0.5, 0.6) is 0 Å². The van der Waals surface area contributed by atoms with Crippen LogP contribution >= 0.6 is 11.6 Å². The first-order valence-electron chi connectivity index (χ1n) is 7.04. The highest BCUT2D eigenvalue weighted by Gasteiger charge is 2.29. The average Bonchev–Trinajstić information content (AvgIpc) is 2.72. The van der Waals surface area contributed by atoms with Crippen molar-refractivity contribution in [2.45, 2.75) is 26.2 Å². The Hall–Kier alpha value is -1.48. The number of hydrogen-bond acceptors (Lipinski definition) is 2. The second kappa shape index (κ2) is 5.13. The summed E-state index contributed by atoms with van der Waals surface area (Å²) in [5.74, 6) is -0.0811. The number of benzene rings is 1. The Morgan fingerprint density at radius 2 is 2.30 bits per heavy atom. The molecule has 4 heteroatoms. The van der Waals surface area contributed by atoms with Crippen LogP contribution in [0.1, 0.15) is 24.6 Å². The molecule has 1 aliphatic rings. The summed E-state index contributed by atoms with van der Waals surface area (Å²) in [5, 5.41) is 1.98. The Morgan fingerprint density at radius 1 is 1.50 bits per heavy atom. The zero-order valence-electron chi connectivity index (χ0n) is 11.8. The van der Waals surface area contributed by atoms with E-state index < -0.39 is 0 Å². The van der Waals surface area contributed by atoms with Gasteiger partial charge in [0.25, 0.3) is 0 Å². The van der Waals surface area contributed by atoms with Crippen molar-refractivity contribution in [2.24, 2.45) is 13.0 Å². The molecular weight excluding hydrogens is 274 g/mol. The van der Waals surface area contributed by atoms with Gasteiger partial charge >= 0.3 is 5.97 Å². The van der Waals surface area contributed by atoms with Crippen molar-refractivity contribution in [3.63, 3.8) is 0 Å². The number of esters is 1. The van der Waals surface area contributed by atoms with Gasteiger partial charge in [-0.25, -0.2) is 0 Å². The predicted molar refractivity (Wildman–Crippen MR) is 80.1 cm³/mol. The Bertz CT molecular complexity index is 675. The van der Waals surface area contributed by atoms with Crippen LogP contribution in [0.25, 0.3) is 10.9 Å². The highest BCUT2D eigenvalue weighted by atomic mass is 35.5. The highest BCUT2D eigenvalue weighted by Crippen LogP contribution is 2.35. The largest absolute Gasteiger partial charge is 0.466 e. The maximum Gasteiger partial charge on any atom is 0.309 e. The van der Waals surface area contributed by atoms with Crippen molar-refractivity contribution in [3.05, 3.63) is 34.5 Å². The molecule has 0 saturated heterocycles. The summed E-state index contributed by atoms with van der Waals surface area (Å²) >= 11 is 6.11. The quantitative estimate of drug-likeness (QED) is 0.793. The summed E-state index contributed by atoms with van der Waals surface area (Å²) in [4.78, 5) is 11.9. The molecule has 20 heavy (non-hydrogen) atoms. The molecule has 0 spiro atoms. The molecule has 1 heterocycles. The van der Waals surface area contributed by atoms with Crippen LogP contribution in [0.4, 0.5) is 0 Å². The smallest absolute Gasteiger partial charge is 0.309 e. The molecule has 106 valence electrons. The molecule has 3 nitrogen and oxygen atoms in total. The van der Waals surface area contributed by atoms with Gasteiger partial charge in [-0.2, -0.15) is 0 Å². The summed E-state index contributed by atoms with van der Waals surface area (Å²) in [6.45, 7) is 2.30. The number of hydrogen-bond donors (Lipinski definition) is 0. The van der Waals surface area contributed by atoms with Gasteiger partial charge in [0, 0.05) is 35.1 Å². The molecule has 1 unspecified atom stereocenters. The van der Waals surface area contributed by atoms with Gasteiger partial charge in [0.15, 0.2) is 0 Å². The van der Waals surface area contributed by atoms with Crippen molar-refractivity contribution < 1.29 is 9.53 Å².